The van der Waals surface area contributed by atoms with Crippen LogP contribution in [-0.4, -0.2) is 43.3 Å². The van der Waals surface area contributed by atoms with Gasteiger partial charge in [-0.1, -0.05) is 48.0 Å². The van der Waals surface area contributed by atoms with Crippen LogP contribution < -0.4 is 9.62 Å². The summed E-state index contributed by atoms with van der Waals surface area (Å²) >= 11 is 0. The molecule has 3 aromatic rings. The monoisotopic (exact) mass is 539 g/mol. The SMILES string of the molecule is Cc1ccc(S(=O)(=O)N(CC(=O)N(Cc2ccccc2)[C@H](C)C(=O)NC(C)(C)C)c2ccc(F)cc2)cc1. The summed E-state index contributed by atoms with van der Waals surface area (Å²) in [6.45, 7) is 8.48. The molecule has 0 unspecified atom stereocenters. The van der Waals surface area contributed by atoms with E-state index in [2.05, 4.69) is 5.32 Å². The molecule has 3 rings (SSSR count). The van der Waals surface area contributed by atoms with Crippen LogP contribution in [0.25, 0.3) is 0 Å². The molecule has 7 nitrogen and oxygen atoms in total. The first-order chi connectivity index (χ1) is 17.8. The first-order valence-electron chi connectivity index (χ1n) is 12.3. The second kappa shape index (κ2) is 11.8. The summed E-state index contributed by atoms with van der Waals surface area (Å²) in [6.07, 6.45) is 0. The molecule has 0 fully saturated rings. The predicted molar refractivity (Wildman–Crippen MR) is 146 cm³/mol. The highest BCUT2D eigenvalue weighted by Gasteiger charge is 2.33. The van der Waals surface area contributed by atoms with Gasteiger partial charge in [-0.2, -0.15) is 0 Å². The first-order valence-corrected chi connectivity index (χ1v) is 13.7. The minimum atomic E-state index is -4.20. The normalized spacial score (nSPS) is 12.5. The zero-order valence-electron chi connectivity index (χ0n) is 22.3. The van der Waals surface area contributed by atoms with Crippen LogP contribution in [-0.2, 0) is 26.2 Å². The van der Waals surface area contributed by atoms with E-state index in [4.69, 9.17) is 0 Å². The zero-order chi connectivity index (χ0) is 28.1. The number of nitrogens with zero attached hydrogens (tertiary/aromatic N) is 2. The van der Waals surface area contributed by atoms with Crippen molar-refractivity contribution < 1.29 is 22.4 Å². The van der Waals surface area contributed by atoms with E-state index in [1.54, 1.807) is 19.1 Å². The van der Waals surface area contributed by atoms with E-state index in [0.29, 0.717) is 0 Å². The van der Waals surface area contributed by atoms with E-state index in [1.807, 2.05) is 58.0 Å². The fraction of sp³-hybridized carbons (Fsp3) is 0.310. The van der Waals surface area contributed by atoms with Crippen molar-refractivity contribution in [3.8, 4) is 0 Å². The fourth-order valence-electron chi connectivity index (χ4n) is 3.81. The average Bonchev–Trinajstić information content (AvgIpc) is 2.85. The second-order valence-corrected chi connectivity index (χ2v) is 12.1. The highest BCUT2D eigenvalue weighted by Crippen LogP contribution is 2.25. The number of carbonyl (C=O) groups excluding carboxylic acids is 2. The minimum absolute atomic E-state index is 0.00615. The number of sulfonamides is 1. The average molecular weight is 540 g/mol. The summed E-state index contributed by atoms with van der Waals surface area (Å²) in [5.41, 5.74) is 1.26. The number of benzene rings is 3. The van der Waals surface area contributed by atoms with Crippen molar-refractivity contribution in [2.24, 2.45) is 0 Å². The number of amides is 2. The third-order valence-corrected chi connectivity index (χ3v) is 7.65. The van der Waals surface area contributed by atoms with Gasteiger partial charge in [0.25, 0.3) is 10.0 Å². The summed E-state index contributed by atoms with van der Waals surface area (Å²) < 4.78 is 42.1. The highest BCUT2D eigenvalue weighted by atomic mass is 32.2. The van der Waals surface area contributed by atoms with Gasteiger partial charge in [0, 0.05) is 12.1 Å². The van der Waals surface area contributed by atoms with E-state index in [-0.39, 0.29) is 23.0 Å². The Morgan fingerprint density at radius 1 is 0.921 bits per heavy atom. The van der Waals surface area contributed by atoms with Gasteiger partial charge in [0.2, 0.25) is 11.8 Å². The van der Waals surface area contributed by atoms with Gasteiger partial charge in [-0.3, -0.25) is 13.9 Å². The van der Waals surface area contributed by atoms with Crippen molar-refractivity contribution in [3.63, 3.8) is 0 Å². The van der Waals surface area contributed by atoms with E-state index >= 15 is 0 Å². The van der Waals surface area contributed by atoms with Crippen LogP contribution in [0.3, 0.4) is 0 Å². The summed E-state index contributed by atoms with van der Waals surface area (Å²) in [5.74, 6) is -1.48. The molecule has 0 spiro atoms. The van der Waals surface area contributed by atoms with Crippen molar-refractivity contribution in [3.05, 3.63) is 95.8 Å². The van der Waals surface area contributed by atoms with Crippen LogP contribution in [0.4, 0.5) is 10.1 Å². The number of nitrogens with one attached hydrogen (secondary N) is 1. The number of aryl methyl sites for hydroxylation is 1. The third kappa shape index (κ3) is 7.41. The van der Waals surface area contributed by atoms with Gasteiger partial charge in [0.1, 0.15) is 18.4 Å². The molecule has 0 bridgehead atoms. The largest absolute Gasteiger partial charge is 0.350 e. The zero-order valence-corrected chi connectivity index (χ0v) is 23.1. The Bertz CT molecular complexity index is 1350. The fourth-order valence-corrected chi connectivity index (χ4v) is 5.22. The maximum Gasteiger partial charge on any atom is 0.264 e. The van der Waals surface area contributed by atoms with Gasteiger partial charge < -0.3 is 10.2 Å². The Labute approximate surface area is 224 Å². The second-order valence-electron chi connectivity index (χ2n) is 10.2. The predicted octanol–water partition coefficient (Wildman–Crippen LogP) is 4.66. The molecule has 0 heterocycles. The standard InChI is InChI=1S/C29H34FN3O4S/c1-21-11-17-26(18-12-21)38(36,37)33(25-15-13-24(30)14-16-25)20-27(34)32(19-23-9-7-6-8-10-23)22(2)28(35)31-29(3,4)5/h6-18,22H,19-20H2,1-5H3,(H,31,35)/t22-/m1/s1. The van der Waals surface area contributed by atoms with Gasteiger partial charge in [0.05, 0.1) is 10.6 Å². The van der Waals surface area contributed by atoms with Crippen LogP contribution in [0.1, 0.15) is 38.8 Å². The maximum atomic E-state index is 13.8. The molecule has 0 aromatic heterocycles. The molecule has 0 aliphatic heterocycles. The number of rotatable bonds is 9. The quantitative estimate of drug-likeness (QED) is 0.429. The third-order valence-electron chi connectivity index (χ3n) is 5.86. The topological polar surface area (TPSA) is 86.8 Å². The number of halogens is 1. The van der Waals surface area contributed by atoms with E-state index < -0.39 is 39.9 Å². The molecule has 0 saturated heterocycles. The van der Waals surface area contributed by atoms with Gasteiger partial charge >= 0.3 is 0 Å². The van der Waals surface area contributed by atoms with Crippen molar-refractivity contribution in [2.45, 2.75) is 57.6 Å². The molecular weight excluding hydrogens is 505 g/mol. The molecular formula is C29H34FN3O4S. The van der Waals surface area contributed by atoms with Gasteiger partial charge in [-0.15, -0.1) is 0 Å². The molecule has 0 aliphatic rings. The van der Waals surface area contributed by atoms with Crippen molar-refractivity contribution in [2.75, 3.05) is 10.8 Å². The molecule has 9 heteroatoms. The van der Waals surface area contributed by atoms with Gasteiger partial charge in [0.15, 0.2) is 0 Å². The Hall–Kier alpha value is -3.72. The molecule has 1 atom stereocenters. The van der Waals surface area contributed by atoms with Gasteiger partial charge in [-0.05, 0) is 76.6 Å². The first kappa shape index (κ1) is 28.8. The van der Waals surface area contributed by atoms with E-state index in [1.165, 1.54) is 29.2 Å². The summed E-state index contributed by atoms with van der Waals surface area (Å²) in [6, 6.07) is 19.4. The Morgan fingerprint density at radius 3 is 2.05 bits per heavy atom. The molecule has 0 saturated carbocycles. The van der Waals surface area contributed by atoms with Crippen LogP contribution in [0.15, 0.2) is 83.8 Å². The molecule has 38 heavy (non-hydrogen) atoms. The van der Waals surface area contributed by atoms with Crippen molar-refractivity contribution >= 4 is 27.5 Å². The smallest absolute Gasteiger partial charge is 0.264 e. The molecule has 2 amide bonds. The number of hydrogen-bond donors (Lipinski definition) is 1. The summed E-state index contributed by atoms with van der Waals surface area (Å²) in [4.78, 5) is 28.2. The molecule has 1 N–H and O–H groups in total. The highest BCUT2D eigenvalue weighted by molar-refractivity contribution is 7.92. The molecule has 202 valence electrons. The number of hydrogen-bond acceptors (Lipinski definition) is 4. The van der Waals surface area contributed by atoms with Crippen LogP contribution >= 0.6 is 0 Å². The Morgan fingerprint density at radius 2 is 1.50 bits per heavy atom. The van der Waals surface area contributed by atoms with Gasteiger partial charge in [-0.25, -0.2) is 12.8 Å². The lowest BCUT2D eigenvalue weighted by molar-refractivity contribution is -0.140. The Kier molecular flexibility index (Phi) is 8.93. The van der Waals surface area contributed by atoms with E-state index in [9.17, 15) is 22.4 Å². The van der Waals surface area contributed by atoms with E-state index in [0.717, 1.165) is 27.6 Å². The number of anilines is 1. The summed E-state index contributed by atoms with van der Waals surface area (Å²) in [7, 11) is -4.20. The maximum absolute atomic E-state index is 13.8. The van der Waals surface area contributed by atoms with Crippen molar-refractivity contribution in [1.82, 2.24) is 10.2 Å². The van der Waals surface area contributed by atoms with Crippen LogP contribution in [0.5, 0.6) is 0 Å². The minimum Gasteiger partial charge on any atom is -0.350 e. The van der Waals surface area contributed by atoms with Crippen LogP contribution in [0, 0.1) is 12.7 Å². The van der Waals surface area contributed by atoms with Crippen LogP contribution in [0.2, 0.25) is 0 Å². The number of carbonyl (C=O) groups is 2. The summed E-state index contributed by atoms with van der Waals surface area (Å²) in [5, 5.41) is 2.89. The Balaban J connectivity index is 2.02. The lowest BCUT2D eigenvalue weighted by Gasteiger charge is -2.33. The van der Waals surface area contributed by atoms with Crippen molar-refractivity contribution in [1.29, 1.82) is 0 Å². The lowest BCUT2D eigenvalue weighted by Crippen LogP contribution is -2.54. The lowest BCUT2D eigenvalue weighted by atomic mass is 10.1. The molecule has 0 radical (unpaired) electrons. The molecule has 0 aliphatic carbocycles. The molecule has 3 aromatic carbocycles.